The third kappa shape index (κ3) is 2.36. The van der Waals surface area contributed by atoms with Crippen molar-refractivity contribution in [1.29, 1.82) is 0 Å². The zero-order valence-electron chi connectivity index (χ0n) is 8.54. The van der Waals surface area contributed by atoms with E-state index in [4.69, 9.17) is 5.11 Å². The van der Waals surface area contributed by atoms with E-state index in [-0.39, 0.29) is 11.8 Å². The van der Waals surface area contributed by atoms with Crippen LogP contribution >= 0.6 is 0 Å². The minimum atomic E-state index is -0.892. The maximum atomic E-state index is 11.4. The third-order valence-corrected chi connectivity index (χ3v) is 2.56. The lowest BCUT2D eigenvalue weighted by Gasteiger charge is -2.03. The summed E-state index contributed by atoms with van der Waals surface area (Å²) in [6, 6.07) is 0. The fourth-order valence-electron chi connectivity index (χ4n) is 1.53. The Morgan fingerprint density at radius 2 is 2.31 bits per heavy atom. The SMILES string of the molecule is O=C(O)C1CC1C(=O)NCCn1ccnn1. The third-order valence-electron chi connectivity index (χ3n) is 2.56. The minimum absolute atomic E-state index is 0.187. The van der Waals surface area contributed by atoms with Crippen molar-refractivity contribution in [3.63, 3.8) is 0 Å². The molecule has 2 rings (SSSR count). The van der Waals surface area contributed by atoms with Gasteiger partial charge in [-0.25, -0.2) is 0 Å². The van der Waals surface area contributed by atoms with Gasteiger partial charge in [0.15, 0.2) is 0 Å². The molecule has 0 radical (unpaired) electrons. The second kappa shape index (κ2) is 4.30. The maximum Gasteiger partial charge on any atom is 0.307 e. The standard InChI is InChI=1S/C9H12N4O3/c14-8(6-5-7(6)9(15)16)10-1-3-13-4-2-11-12-13/h2,4,6-7H,1,3,5H2,(H,10,14)(H,15,16). The molecule has 7 nitrogen and oxygen atoms in total. The number of amides is 1. The van der Waals surface area contributed by atoms with Crippen LogP contribution in [0.4, 0.5) is 0 Å². The van der Waals surface area contributed by atoms with Crippen molar-refractivity contribution in [2.45, 2.75) is 13.0 Å². The first kappa shape index (κ1) is 10.6. The Bertz CT molecular complexity index is 389. The molecular weight excluding hydrogens is 212 g/mol. The number of nitrogens with zero attached hydrogens (tertiary/aromatic N) is 3. The molecule has 1 aromatic rings. The number of rotatable bonds is 5. The van der Waals surface area contributed by atoms with E-state index in [0.29, 0.717) is 19.5 Å². The summed E-state index contributed by atoms with van der Waals surface area (Å²) in [6.45, 7) is 0.973. The summed E-state index contributed by atoms with van der Waals surface area (Å²) in [5.74, 6) is -1.93. The number of aliphatic carboxylic acids is 1. The maximum absolute atomic E-state index is 11.4. The number of hydrogen-bond donors (Lipinski definition) is 2. The van der Waals surface area contributed by atoms with Crippen molar-refractivity contribution >= 4 is 11.9 Å². The number of aromatic nitrogens is 3. The number of hydrogen-bond acceptors (Lipinski definition) is 4. The van der Waals surface area contributed by atoms with Crippen molar-refractivity contribution in [3.05, 3.63) is 12.4 Å². The van der Waals surface area contributed by atoms with Gasteiger partial charge in [-0.2, -0.15) is 0 Å². The molecule has 7 heteroatoms. The topological polar surface area (TPSA) is 97.1 Å². The van der Waals surface area contributed by atoms with E-state index in [1.54, 1.807) is 17.1 Å². The average molecular weight is 224 g/mol. The first-order valence-electron chi connectivity index (χ1n) is 5.03. The molecule has 1 saturated carbocycles. The quantitative estimate of drug-likeness (QED) is 0.676. The highest BCUT2D eigenvalue weighted by Gasteiger charge is 2.48. The fraction of sp³-hybridized carbons (Fsp3) is 0.556. The predicted octanol–water partition coefficient (Wildman–Crippen LogP) is -0.885. The van der Waals surface area contributed by atoms with Crippen LogP contribution < -0.4 is 5.32 Å². The van der Waals surface area contributed by atoms with E-state index in [0.717, 1.165) is 0 Å². The largest absolute Gasteiger partial charge is 0.481 e. The number of carbonyl (C=O) groups excluding carboxylic acids is 1. The molecule has 0 bridgehead atoms. The second-order valence-electron chi connectivity index (χ2n) is 3.74. The van der Waals surface area contributed by atoms with E-state index in [1.165, 1.54) is 0 Å². The smallest absolute Gasteiger partial charge is 0.307 e. The van der Waals surface area contributed by atoms with Crippen LogP contribution in [0.2, 0.25) is 0 Å². The van der Waals surface area contributed by atoms with Crippen molar-refractivity contribution in [3.8, 4) is 0 Å². The molecule has 0 aromatic carbocycles. The first-order valence-corrected chi connectivity index (χ1v) is 5.03. The van der Waals surface area contributed by atoms with Crippen molar-refractivity contribution in [1.82, 2.24) is 20.3 Å². The Kier molecular flexibility index (Phi) is 2.84. The summed E-state index contributed by atoms with van der Waals surface area (Å²) < 4.78 is 1.60. The van der Waals surface area contributed by atoms with E-state index in [9.17, 15) is 9.59 Å². The van der Waals surface area contributed by atoms with Crippen LogP contribution in [0.15, 0.2) is 12.4 Å². The van der Waals surface area contributed by atoms with Crippen LogP contribution in [0.3, 0.4) is 0 Å². The molecule has 1 aliphatic carbocycles. The molecule has 86 valence electrons. The Hall–Kier alpha value is -1.92. The highest BCUT2D eigenvalue weighted by Crippen LogP contribution is 2.38. The van der Waals surface area contributed by atoms with Gasteiger partial charge in [-0.15, -0.1) is 5.10 Å². The molecular formula is C9H12N4O3. The van der Waals surface area contributed by atoms with Gasteiger partial charge in [-0.05, 0) is 6.42 Å². The molecule has 1 aromatic heterocycles. The summed E-state index contributed by atoms with van der Waals surface area (Å²) >= 11 is 0. The van der Waals surface area contributed by atoms with E-state index in [1.807, 2.05) is 0 Å². The molecule has 2 unspecified atom stereocenters. The van der Waals surface area contributed by atoms with Crippen molar-refractivity contribution in [2.24, 2.45) is 11.8 Å². The summed E-state index contributed by atoms with van der Waals surface area (Å²) in [5, 5.41) is 18.7. The lowest BCUT2D eigenvalue weighted by Crippen LogP contribution is -2.29. The van der Waals surface area contributed by atoms with Crippen LogP contribution in [0, 0.1) is 11.8 Å². The first-order chi connectivity index (χ1) is 7.68. The van der Waals surface area contributed by atoms with Gasteiger partial charge >= 0.3 is 5.97 Å². The normalized spacial score (nSPS) is 22.8. The Morgan fingerprint density at radius 1 is 1.50 bits per heavy atom. The Morgan fingerprint density at radius 3 is 2.88 bits per heavy atom. The average Bonchev–Trinajstić information content (AvgIpc) is 2.90. The summed E-state index contributed by atoms with van der Waals surface area (Å²) in [5.41, 5.74) is 0. The zero-order chi connectivity index (χ0) is 11.5. The van der Waals surface area contributed by atoms with Gasteiger partial charge in [0.25, 0.3) is 0 Å². The number of nitrogens with one attached hydrogen (secondary N) is 1. The minimum Gasteiger partial charge on any atom is -0.481 e. The van der Waals surface area contributed by atoms with Crippen molar-refractivity contribution in [2.75, 3.05) is 6.54 Å². The Balaban J connectivity index is 1.68. The van der Waals surface area contributed by atoms with Crippen LogP contribution in [-0.2, 0) is 16.1 Å². The molecule has 2 atom stereocenters. The lowest BCUT2D eigenvalue weighted by molar-refractivity contribution is -0.140. The van der Waals surface area contributed by atoms with Gasteiger partial charge in [-0.1, -0.05) is 5.21 Å². The highest BCUT2D eigenvalue weighted by molar-refractivity contribution is 5.89. The van der Waals surface area contributed by atoms with Crippen LogP contribution in [0.5, 0.6) is 0 Å². The van der Waals surface area contributed by atoms with Gasteiger partial charge in [0.1, 0.15) is 0 Å². The molecule has 0 saturated heterocycles. The van der Waals surface area contributed by atoms with Gasteiger partial charge in [-0.3, -0.25) is 14.3 Å². The van der Waals surface area contributed by atoms with E-state index >= 15 is 0 Å². The van der Waals surface area contributed by atoms with Gasteiger partial charge in [0.05, 0.1) is 24.6 Å². The molecule has 16 heavy (non-hydrogen) atoms. The number of carboxylic acids is 1. The van der Waals surface area contributed by atoms with Crippen LogP contribution in [0.25, 0.3) is 0 Å². The summed E-state index contributed by atoms with van der Waals surface area (Å²) in [7, 11) is 0. The van der Waals surface area contributed by atoms with Gasteiger partial charge in [0, 0.05) is 12.7 Å². The van der Waals surface area contributed by atoms with Crippen molar-refractivity contribution < 1.29 is 14.7 Å². The monoisotopic (exact) mass is 224 g/mol. The van der Waals surface area contributed by atoms with Crippen LogP contribution in [-0.4, -0.2) is 38.5 Å². The number of carbonyl (C=O) groups is 2. The number of carboxylic acid groups (broad SMARTS) is 1. The fourth-order valence-corrected chi connectivity index (χ4v) is 1.53. The highest BCUT2D eigenvalue weighted by atomic mass is 16.4. The zero-order valence-corrected chi connectivity index (χ0v) is 8.54. The molecule has 1 aliphatic rings. The second-order valence-corrected chi connectivity index (χ2v) is 3.74. The summed E-state index contributed by atoms with van der Waals surface area (Å²) in [6.07, 6.45) is 3.71. The van der Waals surface area contributed by atoms with E-state index in [2.05, 4.69) is 15.6 Å². The summed E-state index contributed by atoms with van der Waals surface area (Å²) in [4.78, 5) is 22.0. The predicted molar refractivity (Wildman–Crippen MR) is 52.3 cm³/mol. The molecule has 0 aliphatic heterocycles. The molecule has 1 heterocycles. The van der Waals surface area contributed by atoms with Gasteiger partial charge in [0.2, 0.25) is 5.91 Å². The van der Waals surface area contributed by atoms with E-state index < -0.39 is 11.9 Å². The molecule has 0 spiro atoms. The van der Waals surface area contributed by atoms with Crippen LogP contribution in [0.1, 0.15) is 6.42 Å². The Labute approximate surface area is 91.4 Å². The lowest BCUT2D eigenvalue weighted by atomic mass is 10.3. The van der Waals surface area contributed by atoms with Gasteiger partial charge < -0.3 is 10.4 Å². The molecule has 1 fully saturated rings. The molecule has 2 N–H and O–H groups in total. The molecule has 1 amide bonds.